The summed E-state index contributed by atoms with van der Waals surface area (Å²) in [7, 11) is 1.58. The summed E-state index contributed by atoms with van der Waals surface area (Å²) in [5.41, 5.74) is 0. The minimum Gasteiger partial charge on any atom is -0.297 e. The van der Waals surface area contributed by atoms with Gasteiger partial charge in [0.05, 0.1) is 0 Å². The van der Waals surface area contributed by atoms with Crippen LogP contribution in [-0.2, 0) is 9.05 Å². The second-order valence-corrected chi connectivity index (χ2v) is 6.85. The van der Waals surface area contributed by atoms with Crippen molar-refractivity contribution >= 4 is 19.7 Å². The van der Waals surface area contributed by atoms with Crippen LogP contribution >= 0.6 is 10.7 Å². The maximum Gasteiger partial charge on any atom is 0.296 e. The van der Waals surface area contributed by atoms with Crippen LogP contribution in [0.3, 0.4) is 0 Å². The number of aromatic nitrogens is 3. The lowest BCUT2D eigenvalue weighted by Crippen LogP contribution is -2.11. The first-order valence-corrected chi connectivity index (χ1v) is 8.19. The molecule has 1 aromatic rings. The van der Waals surface area contributed by atoms with E-state index in [2.05, 4.69) is 24.0 Å². The molecule has 96 valence electrons. The summed E-state index contributed by atoms with van der Waals surface area (Å²) in [5.74, 6) is 1.01. The van der Waals surface area contributed by atoms with E-state index in [1.807, 2.05) is 0 Å². The number of hydrogen-bond acceptors (Lipinski definition) is 4. The Morgan fingerprint density at radius 3 is 2.35 bits per heavy atom. The van der Waals surface area contributed by atoms with E-state index < -0.39 is 9.05 Å². The minimum atomic E-state index is -3.81. The van der Waals surface area contributed by atoms with E-state index in [-0.39, 0.29) is 17.1 Å². The molecule has 1 aliphatic carbocycles. The summed E-state index contributed by atoms with van der Waals surface area (Å²) in [4.78, 5) is 0. The molecule has 0 aromatic carbocycles. The molecule has 0 aliphatic heterocycles. The lowest BCUT2D eigenvalue weighted by molar-refractivity contribution is 0.524. The Balaban J connectivity index is 2.50. The first-order valence-electron chi connectivity index (χ1n) is 5.88. The molecule has 1 heterocycles. The van der Waals surface area contributed by atoms with E-state index in [1.165, 1.54) is 0 Å². The molecule has 1 aliphatic rings. The number of rotatable bonds is 5. The summed E-state index contributed by atoms with van der Waals surface area (Å²) in [5, 5.41) is 7.70. The first kappa shape index (κ1) is 12.8. The molecule has 2 rings (SSSR count). The maximum atomic E-state index is 11.4. The summed E-state index contributed by atoms with van der Waals surface area (Å²) in [6, 6.07) is 0.212. The predicted octanol–water partition coefficient (Wildman–Crippen LogP) is 2.44. The molecule has 0 radical (unpaired) electrons. The van der Waals surface area contributed by atoms with E-state index in [4.69, 9.17) is 10.7 Å². The van der Waals surface area contributed by atoms with Crippen molar-refractivity contribution in [2.75, 3.05) is 0 Å². The summed E-state index contributed by atoms with van der Waals surface area (Å²) in [6.45, 7) is 4.13. The van der Waals surface area contributed by atoms with Gasteiger partial charge in [0.2, 0.25) is 0 Å². The topological polar surface area (TPSA) is 64.8 Å². The molecule has 1 fully saturated rings. The standard InChI is InChI=1S/C10H16ClN3O2S/c1-3-7(4-2)9-12-13-10(17(11,15)16)14(9)8-5-6-8/h7-8H,3-6H2,1-2H3. The van der Waals surface area contributed by atoms with Crippen molar-refractivity contribution in [3.05, 3.63) is 5.82 Å². The molecule has 1 saturated carbocycles. The molecule has 0 spiro atoms. The first-order chi connectivity index (χ1) is 7.99. The molecular weight excluding hydrogens is 262 g/mol. The van der Waals surface area contributed by atoms with E-state index >= 15 is 0 Å². The molecule has 0 N–H and O–H groups in total. The zero-order valence-corrected chi connectivity index (χ0v) is 11.5. The van der Waals surface area contributed by atoms with Crippen LogP contribution in [-0.4, -0.2) is 23.2 Å². The molecule has 0 unspecified atom stereocenters. The van der Waals surface area contributed by atoms with Crippen molar-refractivity contribution in [3.63, 3.8) is 0 Å². The van der Waals surface area contributed by atoms with E-state index in [9.17, 15) is 8.42 Å². The number of hydrogen-bond donors (Lipinski definition) is 0. The Labute approximate surface area is 106 Å². The molecule has 5 nitrogen and oxygen atoms in total. The Bertz CT molecular complexity index is 504. The summed E-state index contributed by atoms with van der Waals surface area (Å²) >= 11 is 0. The van der Waals surface area contributed by atoms with Crippen LogP contribution in [0.25, 0.3) is 0 Å². The van der Waals surface area contributed by atoms with Gasteiger partial charge in [0.1, 0.15) is 5.82 Å². The van der Waals surface area contributed by atoms with Crippen LogP contribution < -0.4 is 0 Å². The van der Waals surface area contributed by atoms with Gasteiger partial charge in [-0.1, -0.05) is 13.8 Å². The molecule has 0 atom stereocenters. The summed E-state index contributed by atoms with van der Waals surface area (Å²) < 4.78 is 24.6. The molecule has 0 bridgehead atoms. The van der Waals surface area contributed by atoms with Crippen LogP contribution in [0.1, 0.15) is 57.3 Å². The fourth-order valence-electron chi connectivity index (χ4n) is 2.06. The molecular formula is C10H16ClN3O2S. The molecule has 17 heavy (non-hydrogen) atoms. The van der Waals surface area contributed by atoms with Gasteiger partial charge in [0.15, 0.2) is 0 Å². The molecule has 0 amide bonds. The summed E-state index contributed by atoms with van der Waals surface area (Å²) in [6.07, 6.45) is 3.79. The smallest absolute Gasteiger partial charge is 0.296 e. The van der Waals surface area contributed by atoms with Crippen LogP contribution in [0, 0.1) is 0 Å². The average Bonchev–Trinajstić information content (AvgIpc) is 2.99. The Morgan fingerprint density at radius 1 is 1.35 bits per heavy atom. The van der Waals surface area contributed by atoms with Gasteiger partial charge in [-0.15, -0.1) is 10.2 Å². The largest absolute Gasteiger partial charge is 0.297 e. The molecule has 1 aromatic heterocycles. The van der Waals surface area contributed by atoms with Crippen molar-refractivity contribution < 1.29 is 8.42 Å². The molecule has 0 saturated heterocycles. The third-order valence-corrected chi connectivity index (χ3v) is 4.30. The van der Waals surface area contributed by atoms with Crippen LogP contribution in [0.15, 0.2) is 5.16 Å². The quantitative estimate of drug-likeness (QED) is 0.776. The van der Waals surface area contributed by atoms with Gasteiger partial charge in [-0.05, 0) is 25.7 Å². The lowest BCUT2D eigenvalue weighted by atomic mass is 10.0. The third-order valence-electron chi connectivity index (χ3n) is 3.17. The van der Waals surface area contributed by atoms with Gasteiger partial charge < -0.3 is 0 Å². The fraction of sp³-hybridized carbons (Fsp3) is 0.800. The average molecular weight is 278 g/mol. The van der Waals surface area contributed by atoms with Crippen molar-refractivity contribution in [2.24, 2.45) is 0 Å². The monoisotopic (exact) mass is 277 g/mol. The number of halogens is 1. The van der Waals surface area contributed by atoms with Crippen molar-refractivity contribution in [1.82, 2.24) is 14.8 Å². The Kier molecular flexibility index (Phi) is 3.45. The maximum absolute atomic E-state index is 11.4. The van der Waals surface area contributed by atoms with Gasteiger partial charge in [-0.25, -0.2) is 8.42 Å². The van der Waals surface area contributed by atoms with E-state index in [1.54, 1.807) is 4.57 Å². The highest BCUT2D eigenvalue weighted by Gasteiger charge is 2.35. The highest BCUT2D eigenvalue weighted by molar-refractivity contribution is 8.13. The van der Waals surface area contributed by atoms with Crippen molar-refractivity contribution in [2.45, 2.75) is 56.6 Å². The second kappa shape index (κ2) is 4.57. The zero-order chi connectivity index (χ0) is 12.6. The van der Waals surface area contributed by atoms with E-state index in [0.29, 0.717) is 0 Å². The van der Waals surface area contributed by atoms with Crippen LogP contribution in [0.4, 0.5) is 0 Å². The highest BCUT2D eigenvalue weighted by Crippen LogP contribution is 2.40. The van der Waals surface area contributed by atoms with E-state index in [0.717, 1.165) is 31.5 Å². The number of nitrogens with zero attached hydrogens (tertiary/aromatic N) is 3. The van der Waals surface area contributed by atoms with Crippen molar-refractivity contribution in [1.29, 1.82) is 0 Å². The lowest BCUT2D eigenvalue weighted by Gasteiger charge is -2.13. The zero-order valence-electron chi connectivity index (χ0n) is 9.93. The SMILES string of the molecule is CCC(CC)c1nnc(S(=O)(=O)Cl)n1C1CC1. The third kappa shape index (κ3) is 2.47. The van der Waals surface area contributed by atoms with Crippen LogP contribution in [0.5, 0.6) is 0 Å². The van der Waals surface area contributed by atoms with Gasteiger partial charge >= 0.3 is 0 Å². The molecule has 7 heteroatoms. The highest BCUT2D eigenvalue weighted by atomic mass is 35.7. The Morgan fingerprint density at radius 2 is 1.94 bits per heavy atom. The second-order valence-electron chi connectivity index (χ2n) is 4.39. The van der Waals surface area contributed by atoms with Crippen LogP contribution in [0.2, 0.25) is 0 Å². The fourth-order valence-corrected chi connectivity index (χ4v) is 2.99. The van der Waals surface area contributed by atoms with Gasteiger partial charge in [-0.2, -0.15) is 0 Å². The Hall–Kier alpha value is -0.620. The van der Waals surface area contributed by atoms with Gasteiger partial charge in [0.25, 0.3) is 14.2 Å². The normalized spacial score (nSPS) is 16.7. The van der Waals surface area contributed by atoms with Gasteiger partial charge in [-0.3, -0.25) is 4.57 Å². The minimum absolute atomic E-state index is 0.0939. The predicted molar refractivity (Wildman–Crippen MR) is 64.7 cm³/mol. The van der Waals surface area contributed by atoms with Gasteiger partial charge in [0, 0.05) is 22.6 Å². The van der Waals surface area contributed by atoms with Crippen molar-refractivity contribution in [3.8, 4) is 0 Å².